The summed E-state index contributed by atoms with van der Waals surface area (Å²) in [5.74, 6) is -0.542. The van der Waals surface area contributed by atoms with E-state index >= 15 is 0 Å². The second-order valence-corrected chi connectivity index (χ2v) is 5.98. The molecule has 0 saturated heterocycles. The number of halogens is 1. The molecule has 2 N–H and O–H groups in total. The van der Waals surface area contributed by atoms with E-state index < -0.39 is 5.97 Å². The fourth-order valence-corrected chi connectivity index (χ4v) is 2.54. The highest BCUT2D eigenvalue weighted by Gasteiger charge is 2.12. The highest BCUT2D eigenvalue weighted by atomic mass is 79.9. The molecule has 6 nitrogen and oxygen atoms in total. The van der Waals surface area contributed by atoms with Crippen molar-refractivity contribution in [2.24, 2.45) is 0 Å². The van der Waals surface area contributed by atoms with Gasteiger partial charge < -0.3 is 19.9 Å². The molecule has 0 aliphatic heterocycles. The number of ether oxygens (including phenoxy) is 2. The molecule has 0 saturated carbocycles. The van der Waals surface area contributed by atoms with Crippen molar-refractivity contribution in [1.82, 2.24) is 0 Å². The lowest BCUT2D eigenvalue weighted by atomic mass is 10.2. The molecule has 1 amide bonds. The topological polar surface area (TPSA) is 84.9 Å². The molecule has 26 heavy (non-hydrogen) atoms. The van der Waals surface area contributed by atoms with Crippen molar-refractivity contribution < 1.29 is 24.2 Å². The van der Waals surface area contributed by atoms with Crippen LogP contribution in [0, 0.1) is 0 Å². The summed E-state index contributed by atoms with van der Waals surface area (Å²) in [7, 11) is 0. The van der Waals surface area contributed by atoms with E-state index in [1.54, 1.807) is 24.3 Å². The number of hydrogen-bond donors (Lipinski definition) is 2. The highest BCUT2D eigenvalue weighted by molar-refractivity contribution is 9.10. The number of aliphatic carboxylic acids is 1. The molecule has 0 heterocycles. The van der Waals surface area contributed by atoms with Crippen molar-refractivity contribution in [3.05, 3.63) is 58.6 Å². The van der Waals surface area contributed by atoms with Gasteiger partial charge in [-0.1, -0.05) is 34.1 Å². The molecular weight excluding hydrogens is 402 g/mol. The Morgan fingerprint density at radius 2 is 1.85 bits per heavy atom. The smallest absolute Gasteiger partial charge is 0.328 e. The zero-order valence-electron chi connectivity index (χ0n) is 14.1. The maximum atomic E-state index is 12.0. The van der Waals surface area contributed by atoms with Gasteiger partial charge in [-0.25, -0.2) is 4.79 Å². The van der Waals surface area contributed by atoms with Crippen LogP contribution in [0.4, 0.5) is 5.69 Å². The normalized spacial score (nSPS) is 10.5. The van der Waals surface area contributed by atoms with Crippen molar-refractivity contribution in [2.45, 2.75) is 6.92 Å². The van der Waals surface area contributed by atoms with E-state index in [1.165, 1.54) is 6.08 Å². The Balaban J connectivity index is 2.10. The SMILES string of the molecule is CCOc1cc(/C=C/C(=O)O)c(Br)cc1OCC(=O)Nc1ccccc1. The number of carbonyl (C=O) groups is 2. The molecule has 2 rings (SSSR count). The molecule has 0 bridgehead atoms. The molecule has 0 aromatic heterocycles. The van der Waals surface area contributed by atoms with Gasteiger partial charge in [0.25, 0.3) is 5.91 Å². The van der Waals surface area contributed by atoms with Crippen LogP contribution in [0.1, 0.15) is 12.5 Å². The number of carbonyl (C=O) groups excluding carboxylic acids is 1. The Bertz CT molecular complexity index is 805. The van der Waals surface area contributed by atoms with Crippen LogP contribution in [-0.4, -0.2) is 30.2 Å². The summed E-state index contributed by atoms with van der Waals surface area (Å²) in [4.78, 5) is 22.7. The number of carboxylic acids is 1. The van der Waals surface area contributed by atoms with Gasteiger partial charge in [0.1, 0.15) is 0 Å². The van der Waals surface area contributed by atoms with Crippen molar-refractivity contribution in [2.75, 3.05) is 18.5 Å². The van der Waals surface area contributed by atoms with E-state index in [1.807, 2.05) is 25.1 Å². The molecule has 0 atom stereocenters. The van der Waals surface area contributed by atoms with Gasteiger partial charge in [0, 0.05) is 16.2 Å². The maximum Gasteiger partial charge on any atom is 0.328 e. The Labute approximate surface area is 159 Å². The van der Waals surface area contributed by atoms with Crippen LogP contribution in [0.2, 0.25) is 0 Å². The van der Waals surface area contributed by atoms with Gasteiger partial charge in [-0.2, -0.15) is 0 Å². The van der Waals surface area contributed by atoms with Crippen LogP contribution in [-0.2, 0) is 9.59 Å². The Hall–Kier alpha value is -2.80. The van der Waals surface area contributed by atoms with Crippen LogP contribution in [0.3, 0.4) is 0 Å². The molecule has 0 aliphatic rings. The van der Waals surface area contributed by atoms with Gasteiger partial charge in [0.05, 0.1) is 6.61 Å². The van der Waals surface area contributed by atoms with Gasteiger partial charge in [-0.15, -0.1) is 0 Å². The first-order chi connectivity index (χ1) is 12.5. The molecule has 2 aromatic rings. The Morgan fingerprint density at radius 3 is 2.50 bits per heavy atom. The van der Waals surface area contributed by atoms with Crippen molar-refractivity contribution in [3.63, 3.8) is 0 Å². The first kappa shape index (κ1) is 19.5. The molecule has 0 aliphatic carbocycles. The number of hydrogen-bond acceptors (Lipinski definition) is 4. The summed E-state index contributed by atoms with van der Waals surface area (Å²) < 4.78 is 11.7. The number of carboxylic acid groups (broad SMARTS) is 1. The van der Waals surface area contributed by atoms with Crippen molar-refractivity contribution in [3.8, 4) is 11.5 Å². The van der Waals surface area contributed by atoms with Gasteiger partial charge in [0.2, 0.25) is 0 Å². The Kier molecular flexibility index (Phi) is 7.23. The lowest BCUT2D eigenvalue weighted by Gasteiger charge is -2.14. The average Bonchev–Trinajstić information content (AvgIpc) is 2.61. The minimum atomic E-state index is -1.05. The minimum absolute atomic E-state index is 0.189. The average molecular weight is 420 g/mol. The predicted octanol–water partition coefficient (Wildman–Crippen LogP) is 3.96. The van der Waals surface area contributed by atoms with E-state index in [9.17, 15) is 9.59 Å². The maximum absolute atomic E-state index is 12.0. The zero-order chi connectivity index (χ0) is 18.9. The second-order valence-electron chi connectivity index (χ2n) is 5.13. The van der Waals surface area contributed by atoms with E-state index in [4.69, 9.17) is 14.6 Å². The summed E-state index contributed by atoms with van der Waals surface area (Å²) >= 11 is 3.36. The van der Waals surface area contributed by atoms with Crippen LogP contribution in [0.5, 0.6) is 11.5 Å². The summed E-state index contributed by atoms with van der Waals surface area (Å²) in [6, 6.07) is 12.4. The van der Waals surface area contributed by atoms with E-state index in [-0.39, 0.29) is 12.5 Å². The fourth-order valence-electron chi connectivity index (χ4n) is 2.08. The monoisotopic (exact) mass is 419 g/mol. The molecule has 0 spiro atoms. The highest BCUT2D eigenvalue weighted by Crippen LogP contribution is 2.34. The third kappa shape index (κ3) is 5.93. The van der Waals surface area contributed by atoms with E-state index in [0.717, 1.165) is 6.08 Å². The third-order valence-electron chi connectivity index (χ3n) is 3.18. The fraction of sp³-hybridized carbons (Fsp3) is 0.158. The minimum Gasteiger partial charge on any atom is -0.490 e. The van der Waals surface area contributed by atoms with Gasteiger partial charge in [-0.3, -0.25) is 4.79 Å². The van der Waals surface area contributed by atoms with Crippen LogP contribution >= 0.6 is 15.9 Å². The standard InChI is InChI=1S/C19H18BrNO5/c1-2-25-16-10-13(8-9-19(23)24)15(20)11-17(16)26-12-18(22)21-14-6-4-3-5-7-14/h3-11H,2,12H2,1H3,(H,21,22)(H,23,24)/b9-8+. The summed E-state index contributed by atoms with van der Waals surface area (Å²) in [5.41, 5.74) is 1.30. The zero-order valence-corrected chi connectivity index (χ0v) is 15.7. The van der Waals surface area contributed by atoms with Crippen LogP contribution in [0.15, 0.2) is 53.0 Å². The van der Waals surface area contributed by atoms with Crippen molar-refractivity contribution >= 4 is 39.6 Å². The molecule has 7 heteroatoms. The van der Waals surface area contributed by atoms with Gasteiger partial charge >= 0.3 is 5.97 Å². The largest absolute Gasteiger partial charge is 0.490 e. The number of nitrogens with one attached hydrogen (secondary N) is 1. The molecule has 0 unspecified atom stereocenters. The number of amides is 1. The summed E-state index contributed by atoms with van der Waals surface area (Å²) in [6.45, 7) is 2.03. The van der Waals surface area contributed by atoms with E-state index in [0.29, 0.717) is 33.8 Å². The number of benzene rings is 2. The molecular formula is C19H18BrNO5. The first-order valence-electron chi connectivity index (χ1n) is 7.84. The molecule has 2 aromatic carbocycles. The molecule has 0 radical (unpaired) electrons. The van der Waals surface area contributed by atoms with Gasteiger partial charge in [0.15, 0.2) is 18.1 Å². The third-order valence-corrected chi connectivity index (χ3v) is 3.87. The van der Waals surface area contributed by atoms with Gasteiger partial charge in [-0.05, 0) is 42.8 Å². The lowest BCUT2D eigenvalue weighted by Crippen LogP contribution is -2.20. The first-order valence-corrected chi connectivity index (χ1v) is 8.64. The quantitative estimate of drug-likeness (QED) is 0.632. The Morgan fingerprint density at radius 1 is 1.15 bits per heavy atom. The summed E-state index contributed by atoms with van der Waals surface area (Å²) in [5, 5.41) is 11.5. The second kappa shape index (κ2) is 9.62. The summed E-state index contributed by atoms with van der Waals surface area (Å²) in [6.07, 6.45) is 2.48. The predicted molar refractivity (Wildman–Crippen MR) is 103 cm³/mol. The number of para-hydroxylation sites is 1. The number of anilines is 1. The van der Waals surface area contributed by atoms with Crippen molar-refractivity contribution in [1.29, 1.82) is 0 Å². The van der Waals surface area contributed by atoms with Crippen LogP contribution < -0.4 is 14.8 Å². The molecule has 136 valence electrons. The van der Waals surface area contributed by atoms with Crippen LogP contribution in [0.25, 0.3) is 6.08 Å². The molecule has 0 fully saturated rings. The number of rotatable bonds is 8. The van der Waals surface area contributed by atoms with E-state index in [2.05, 4.69) is 21.2 Å². The lowest BCUT2D eigenvalue weighted by molar-refractivity contribution is -0.131.